The van der Waals surface area contributed by atoms with Crippen LogP contribution in [-0.2, 0) is 6.61 Å². The molecule has 0 spiro atoms. The van der Waals surface area contributed by atoms with Crippen molar-refractivity contribution in [3.8, 4) is 5.75 Å². The van der Waals surface area contributed by atoms with Crippen molar-refractivity contribution in [2.24, 2.45) is 0 Å². The van der Waals surface area contributed by atoms with Gasteiger partial charge in [-0.2, -0.15) is 0 Å². The van der Waals surface area contributed by atoms with Gasteiger partial charge in [0.1, 0.15) is 12.4 Å². The summed E-state index contributed by atoms with van der Waals surface area (Å²) in [5.41, 5.74) is 1.04. The van der Waals surface area contributed by atoms with E-state index in [0.717, 1.165) is 12.1 Å². The number of rotatable bonds is 4. The standard InChI is InChI=1S/C15H13ClF2O2/c1-9(19)12-7-11(16)3-5-15(12)20-8-10-2-4-13(17)14(18)6-10/h2-7,9,19H,8H2,1H3/t9-/m1/s1. The number of hydrogen-bond donors (Lipinski definition) is 1. The van der Waals surface area contributed by atoms with Crippen LogP contribution in [0.2, 0.25) is 5.02 Å². The van der Waals surface area contributed by atoms with E-state index in [1.807, 2.05) is 0 Å². The van der Waals surface area contributed by atoms with Crippen LogP contribution in [0.3, 0.4) is 0 Å². The Morgan fingerprint density at radius 3 is 2.55 bits per heavy atom. The maximum Gasteiger partial charge on any atom is 0.159 e. The molecule has 0 saturated carbocycles. The zero-order valence-electron chi connectivity index (χ0n) is 10.7. The molecule has 0 saturated heterocycles. The van der Waals surface area contributed by atoms with Crippen molar-refractivity contribution in [3.05, 3.63) is 64.2 Å². The van der Waals surface area contributed by atoms with E-state index in [1.54, 1.807) is 25.1 Å². The minimum Gasteiger partial charge on any atom is -0.489 e. The van der Waals surface area contributed by atoms with Gasteiger partial charge in [-0.15, -0.1) is 0 Å². The molecular weight excluding hydrogens is 286 g/mol. The largest absolute Gasteiger partial charge is 0.489 e. The number of ether oxygens (including phenoxy) is 1. The number of halogens is 3. The van der Waals surface area contributed by atoms with Crippen molar-refractivity contribution >= 4 is 11.6 Å². The van der Waals surface area contributed by atoms with Crippen LogP contribution in [-0.4, -0.2) is 5.11 Å². The molecule has 1 N–H and O–H groups in total. The lowest BCUT2D eigenvalue weighted by molar-refractivity contribution is 0.190. The highest BCUT2D eigenvalue weighted by Crippen LogP contribution is 2.29. The molecule has 0 heterocycles. The predicted octanol–water partition coefficient (Wildman–Crippen LogP) is 4.25. The summed E-state index contributed by atoms with van der Waals surface area (Å²) in [6.45, 7) is 1.66. The summed E-state index contributed by atoms with van der Waals surface area (Å²) in [5, 5.41) is 10.1. The van der Waals surface area contributed by atoms with Gasteiger partial charge in [0.25, 0.3) is 0 Å². The lowest BCUT2D eigenvalue weighted by atomic mass is 10.1. The molecule has 106 valence electrons. The Bertz CT molecular complexity index is 615. The Morgan fingerprint density at radius 2 is 1.90 bits per heavy atom. The SMILES string of the molecule is C[C@@H](O)c1cc(Cl)ccc1OCc1ccc(F)c(F)c1. The molecule has 2 aromatic rings. The third-order valence-electron chi connectivity index (χ3n) is 2.80. The van der Waals surface area contributed by atoms with E-state index in [2.05, 4.69) is 0 Å². The van der Waals surface area contributed by atoms with E-state index in [0.29, 0.717) is 21.9 Å². The highest BCUT2D eigenvalue weighted by Gasteiger charge is 2.11. The fraction of sp³-hybridized carbons (Fsp3) is 0.200. The van der Waals surface area contributed by atoms with Crippen LogP contribution < -0.4 is 4.74 Å². The zero-order valence-corrected chi connectivity index (χ0v) is 11.5. The molecule has 0 aliphatic carbocycles. The summed E-state index contributed by atoms with van der Waals surface area (Å²) < 4.78 is 31.4. The Hall–Kier alpha value is -1.65. The summed E-state index contributed by atoms with van der Waals surface area (Å²) in [4.78, 5) is 0. The van der Waals surface area contributed by atoms with E-state index in [-0.39, 0.29) is 6.61 Å². The van der Waals surface area contributed by atoms with Gasteiger partial charge in [0.05, 0.1) is 6.10 Å². The molecule has 2 nitrogen and oxygen atoms in total. The first-order chi connectivity index (χ1) is 9.47. The van der Waals surface area contributed by atoms with Crippen molar-refractivity contribution in [1.82, 2.24) is 0 Å². The third-order valence-corrected chi connectivity index (χ3v) is 3.04. The molecule has 2 aromatic carbocycles. The van der Waals surface area contributed by atoms with Gasteiger partial charge < -0.3 is 9.84 Å². The van der Waals surface area contributed by atoms with Crippen LogP contribution >= 0.6 is 11.6 Å². The smallest absolute Gasteiger partial charge is 0.159 e. The van der Waals surface area contributed by atoms with Crippen LogP contribution in [0.25, 0.3) is 0 Å². The molecule has 0 aromatic heterocycles. The highest BCUT2D eigenvalue weighted by molar-refractivity contribution is 6.30. The molecule has 0 aliphatic heterocycles. The van der Waals surface area contributed by atoms with Crippen molar-refractivity contribution in [1.29, 1.82) is 0 Å². The molecule has 20 heavy (non-hydrogen) atoms. The fourth-order valence-corrected chi connectivity index (χ4v) is 1.95. The maximum absolute atomic E-state index is 13.1. The number of aliphatic hydroxyl groups is 1. The summed E-state index contributed by atoms with van der Waals surface area (Å²) >= 11 is 5.86. The Balaban J connectivity index is 2.16. The second kappa shape index (κ2) is 6.20. The minimum absolute atomic E-state index is 0.0680. The third kappa shape index (κ3) is 3.46. The van der Waals surface area contributed by atoms with Gasteiger partial charge in [-0.1, -0.05) is 17.7 Å². The number of hydrogen-bond acceptors (Lipinski definition) is 2. The van der Waals surface area contributed by atoms with Crippen LogP contribution in [0.4, 0.5) is 8.78 Å². The quantitative estimate of drug-likeness (QED) is 0.914. The molecule has 2 rings (SSSR count). The van der Waals surface area contributed by atoms with Crippen LogP contribution in [0.5, 0.6) is 5.75 Å². The molecular formula is C15H13ClF2O2. The first-order valence-electron chi connectivity index (χ1n) is 6.01. The van der Waals surface area contributed by atoms with Crippen molar-refractivity contribution in [3.63, 3.8) is 0 Å². The van der Waals surface area contributed by atoms with Crippen LogP contribution in [0.1, 0.15) is 24.2 Å². The highest BCUT2D eigenvalue weighted by atomic mass is 35.5. The second-order valence-electron chi connectivity index (χ2n) is 4.40. The van der Waals surface area contributed by atoms with Crippen molar-refractivity contribution in [2.45, 2.75) is 19.6 Å². The maximum atomic E-state index is 13.1. The molecule has 0 aliphatic rings. The lowest BCUT2D eigenvalue weighted by Crippen LogP contribution is -2.01. The van der Waals surface area contributed by atoms with E-state index in [9.17, 15) is 13.9 Å². The molecule has 0 fully saturated rings. The summed E-state index contributed by atoms with van der Waals surface area (Å²) in [6.07, 6.45) is -0.742. The monoisotopic (exact) mass is 298 g/mol. The number of aliphatic hydroxyl groups excluding tert-OH is 1. The van der Waals surface area contributed by atoms with Gasteiger partial charge in [-0.3, -0.25) is 0 Å². The zero-order chi connectivity index (χ0) is 14.7. The minimum atomic E-state index is -0.919. The second-order valence-corrected chi connectivity index (χ2v) is 4.83. The van der Waals surface area contributed by atoms with E-state index in [1.165, 1.54) is 6.07 Å². The molecule has 5 heteroatoms. The average molecular weight is 299 g/mol. The molecule has 0 unspecified atom stereocenters. The lowest BCUT2D eigenvalue weighted by Gasteiger charge is -2.14. The predicted molar refractivity (Wildman–Crippen MR) is 72.8 cm³/mol. The van der Waals surface area contributed by atoms with E-state index in [4.69, 9.17) is 16.3 Å². The van der Waals surface area contributed by atoms with E-state index < -0.39 is 17.7 Å². The Labute approximate surface area is 120 Å². The van der Waals surface area contributed by atoms with Crippen LogP contribution in [0, 0.1) is 11.6 Å². The van der Waals surface area contributed by atoms with Crippen molar-refractivity contribution in [2.75, 3.05) is 0 Å². The molecule has 0 bridgehead atoms. The Kier molecular flexibility index (Phi) is 4.57. The van der Waals surface area contributed by atoms with Gasteiger partial charge in [0, 0.05) is 10.6 Å². The van der Waals surface area contributed by atoms with Gasteiger partial charge in [-0.25, -0.2) is 8.78 Å². The molecule has 0 radical (unpaired) electrons. The van der Waals surface area contributed by atoms with Crippen molar-refractivity contribution < 1.29 is 18.6 Å². The first-order valence-corrected chi connectivity index (χ1v) is 6.39. The molecule has 0 amide bonds. The summed E-state index contributed by atoms with van der Waals surface area (Å²) in [6, 6.07) is 8.43. The number of benzene rings is 2. The van der Waals surface area contributed by atoms with Gasteiger partial charge in [0.15, 0.2) is 11.6 Å². The van der Waals surface area contributed by atoms with Crippen LogP contribution in [0.15, 0.2) is 36.4 Å². The Morgan fingerprint density at radius 1 is 1.15 bits per heavy atom. The van der Waals surface area contributed by atoms with Gasteiger partial charge in [0.2, 0.25) is 0 Å². The van der Waals surface area contributed by atoms with E-state index >= 15 is 0 Å². The fourth-order valence-electron chi connectivity index (χ4n) is 1.77. The first kappa shape index (κ1) is 14.8. The van der Waals surface area contributed by atoms with Gasteiger partial charge >= 0.3 is 0 Å². The topological polar surface area (TPSA) is 29.5 Å². The summed E-state index contributed by atoms with van der Waals surface area (Å²) in [7, 11) is 0. The normalized spacial score (nSPS) is 12.2. The van der Waals surface area contributed by atoms with Gasteiger partial charge in [-0.05, 0) is 42.8 Å². The average Bonchev–Trinajstić information content (AvgIpc) is 2.41. The molecule has 1 atom stereocenters. The summed E-state index contributed by atoms with van der Waals surface area (Å²) in [5.74, 6) is -1.36.